The van der Waals surface area contributed by atoms with Crippen LogP contribution in [0, 0.1) is 12.1 Å². The normalized spacial score (nSPS) is 7.60. The topological polar surface area (TPSA) is 0 Å². The third-order valence-corrected chi connectivity index (χ3v) is 0.944. The summed E-state index contributed by atoms with van der Waals surface area (Å²) >= 11 is 1.59. The van der Waals surface area contributed by atoms with E-state index in [1.165, 1.54) is 0 Å². The van der Waals surface area contributed by atoms with Gasteiger partial charge in [0.15, 0.2) is 6.68 Å². The summed E-state index contributed by atoms with van der Waals surface area (Å²) in [6.45, 7) is -3.08. The molecule has 0 atom stereocenters. The first-order chi connectivity index (χ1) is 4.23. The van der Waals surface area contributed by atoms with E-state index in [2.05, 4.69) is 5.38 Å². The van der Waals surface area contributed by atoms with Gasteiger partial charge in [-0.1, -0.05) is 0 Å². The van der Waals surface area contributed by atoms with E-state index < -0.39 is 6.68 Å². The fourth-order valence-electron chi connectivity index (χ4n) is 0.196. The van der Waals surface area contributed by atoms with Gasteiger partial charge in [-0.05, 0) is 0 Å². The van der Waals surface area contributed by atoms with Crippen LogP contribution in [0.2, 0.25) is 0 Å². The molecule has 0 amide bonds. The van der Waals surface area contributed by atoms with Crippen LogP contribution in [0.5, 0.6) is 0 Å². The zero-order chi connectivity index (χ0) is 7.11. The molecular formula is C5H3CuF3S. The van der Waals surface area contributed by atoms with Crippen molar-refractivity contribution >= 4 is 11.3 Å². The molecule has 10 heavy (non-hydrogen) atoms. The first-order valence-corrected chi connectivity index (χ1v) is 2.84. The molecular weight excluding hydrogens is 213 g/mol. The molecule has 0 saturated heterocycles. The summed E-state index contributed by atoms with van der Waals surface area (Å²) < 4.78 is 28.8. The zero-order valence-electron chi connectivity index (χ0n) is 4.58. The third-order valence-electron chi connectivity index (χ3n) is 0.379. The van der Waals surface area contributed by atoms with E-state index in [4.69, 9.17) is 0 Å². The smallest absolute Gasteiger partial charge is 0.385 e. The molecule has 0 unspecified atom stereocenters. The molecule has 61 valence electrons. The Morgan fingerprint density at radius 1 is 1.30 bits per heavy atom. The van der Waals surface area contributed by atoms with E-state index in [0.29, 0.717) is 0 Å². The first-order valence-electron chi connectivity index (χ1n) is 1.96. The van der Waals surface area contributed by atoms with Crippen molar-refractivity contribution in [3.63, 3.8) is 0 Å². The van der Waals surface area contributed by atoms with Crippen LogP contribution < -0.4 is 0 Å². The molecule has 1 aromatic heterocycles. The van der Waals surface area contributed by atoms with Crippen LogP contribution in [0.3, 0.4) is 0 Å². The van der Waals surface area contributed by atoms with Gasteiger partial charge in [-0.3, -0.25) is 0 Å². The number of hydrogen-bond donors (Lipinski definition) is 0. The molecule has 1 rings (SSSR count). The van der Waals surface area contributed by atoms with E-state index >= 15 is 0 Å². The molecule has 0 aliphatic carbocycles. The van der Waals surface area contributed by atoms with Gasteiger partial charge in [0.25, 0.3) is 0 Å². The predicted molar refractivity (Wildman–Crippen MR) is 29.7 cm³/mol. The maximum Gasteiger partial charge on any atom is 2.00 e. The maximum atomic E-state index is 9.58. The summed E-state index contributed by atoms with van der Waals surface area (Å²) in [6, 6.07) is 3.86. The summed E-state index contributed by atoms with van der Waals surface area (Å²) in [5.41, 5.74) is 0. The zero-order valence-corrected chi connectivity index (χ0v) is 6.33. The van der Waals surface area contributed by atoms with Crippen LogP contribution in [-0.2, 0) is 17.1 Å². The molecule has 0 aromatic carbocycles. The van der Waals surface area contributed by atoms with Crippen molar-refractivity contribution in [2.75, 3.05) is 0 Å². The van der Waals surface area contributed by atoms with Crippen LogP contribution >= 0.6 is 11.3 Å². The Bertz CT molecular complexity index is 100. The summed E-state index contributed by atoms with van der Waals surface area (Å²) in [5, 5.41) is 4.89. The Kier molecular flexibility index (Phi) is 11.4. The summed E-state index contributed by atoms with van der Waals surface area (Å²) in [7, 11) is 0. The van der Waals surface area contributed by atoms with E-state index in [0.717, 1.165) is 0 Å². The van der Waals surface area contributed by atoms with Crippen molar-refractivity contribution in [3.05, 3.63) is 29.6 Å². The van der Waals surface area contributed by atoms with E-state index in [9.17, 15) is 13.2 Å². The van der Waals surface area contributed by atoms with Crippen LogP contribution in [0.4, 0.5) is 13.2 Å². The minimum absolute atomic E-state index is 0. The van der Waals surface area contributed by atoms with Gasteiger partial charge in [0.2, 0.25) is 0 Å². The average molecular weight is 216 g/mol. The van der Waals surface area contributed by atoms with Gasteiger partial charge in [-0.25, -0.2) is 6.07 Å². The van der Waals surface area contributed by atoms with E-state index in [1.807, 2.05) is 17.5 Å². The number of hydrogen-bond acceptors (Lipinski definition) is 1. The van der Waals surface area contributed by atoms with Crippen molar-refractivity contribution in [2.45, 2.75) is 0 Å². The standard InChI is InChI=1S/C4H3S.CF3.Cu/c1-2-4-5-3-1;2-1(3)4;/h1-3H;;/q2*-1;+2. The molecule has 0 spiro atoms. The molecule has 5 heteroatoms. The SMILES string of the molecule is F[C-](F)F.[Cu+2].[c-]1cccs1. The Labute approximate surface area is 71.5 Å². The number of thiophene rings is 1. The second-order valence-corrected chi connectivity index (χ2v) is 1.69. The molecule has 0 saturated carbocycles. The molecule has 0 aliphatic rings. The van der Waals surface area contributed by atoms with Crippen LogP contribution in [0.25, 0.3) is 0 Å². The predicted octanol–water partition coefficient (Wildman–Crippen LogP) is 2.89. The maximum absolute atomic E-state index is 9.58. The van der Waals surface area contributed by atoms with E-state index in [1.54, 1.807) is 11.3 Å². The van der Waals surface area contributed by atoms with Crippen molar-refractivity contribution in [3.8, 4) is 0 Å². The fraction of sp³-hybridized carbons (Fsp3) is 0. The Morgan fingerprint density at radius 3 is 1.90 bits per heavy atom. The Hall–Kier alpha value is 0.00948. The molecule has 0 nitrogen and oxygen atoms in total. The average Bonchev–Trinajstić information content (AvgIpc) is 2.11. The van der Waals surface area contributed by atoms with Gasteiger partial charge >= 0.3 is 17.1 Å². The molecule has 1 radical (unpaired) electrons. The quantitative estimate of drug-likeness (QED) is 0.461. The fourth-order valence-corrected chi connectivity index (χ4v) is 0.589. The summed E-state index contributed by atoms with van der Waals surface area (Å²) in [6.07, 6.45) is 0. The van der Waals surface area contributed by atoms with Crippen molar-refractivity contribution < 1.29 is 30.2 Å². The Morgan fingerprint density at radius 2 is 1.80 bits per heavy atom. The van der Waals surface area contributed by atoms with Gasteiger partial charge in [0.05, 0.1) is 0 Å². The van der Waals surface area contributed by atoms with Gasteiger partial charge < -0.3 is 24.5 Å². The summed E-state index contributed by atoms with van der Waals surface area (Å²) in [5.74, 6) is 0. The molecule has 0 aliphatic heterocycles. The van der Waals surface area contributed by atoms with Crippen LogP contribution in [0.15, 0.2) is 17.5 Å². The van der Waals surface area contributed by atoms with E-state index in [-0.39, 0.29) is 17.1 Å². The molecule has 1 heterocycles. The molecule has 0 N–H and O–H groups in total. The molecule has 0 bridgehead atoms. The third kappa shape index (κ3) is 15.7. The van der Waals surface area contributed by atoms with Gasteiger partial charge in [0, 0.05) is 0 Å². The van der Waals surface area contributed by atoms with Crippen molar-refractivity contribution in [1.82, 2.24) is 0 Å². The number of halogens is 3. The van der Waals surface area contributed by atoms with Crippen LogP contribution in [0.1, 0.15) is 0 Å². The first kappa shape index (κ1) is 12.7. The minimum Gasteiger partial charge on any atom is -0.385 e. The Balaban J connectivity index is 0. The summed E-state index contributed by atoms with van der Waals surface area (Å²) in [4.78, 5) is 0. The second-order valence-electron chi connectivity index (χ2n) is 0.945. The van der Waals surface area contributed by atoms with Gasteiger partial charge in [-0.15, -0.1) is 5.38 Å². The second kappa shape index (κ2) is 9.01. The van der Waals surface area contributed by atoms with Gasteiger partial charge in [-0.2, -0.15) is 11.4 Å². The minimum atomic E-state index is -3.08. The van der Waals surface area contributed by atoms with Crippen molar-refractivity contribution in [1.29, 1.82) is 0 Å². The van der Waals surface area contributed by atoms with Crippen molar-refractivity contribution in [2.24, 2.45) is 0 Å². The van der Waals surface area contributed by atoms with Gasteiger partial charge in [0.1, 0.15) is 0 Å². The molecule has 1 aromatic rings. The van der Waals surface area contributed by atoms with Crippen LogP contribution in [-0.4, -0.2) is 0 Å². The monoisotopic (exact) mass is 215 g/mol. The molecule has 0 fully saturated rings. The number of rotatable bonds is 0. The largest absolute Gasteiger partial charge is 2.00 e.